The zero-order valence-electron chi connectivity index (χ0n) is 18.6. The molecule has 3 rings (SSSR count). The molecule has 1 aliphatic rings. The number of aliphatic hydroxyl groups is 1. The van der Waals surface area contributed by atoms with Gasteiger partial charge < -0.3 is 28.8 Å². The number of hydrogen-bond donors (Lipinski definition) is 1. The lowest BCUT2D eigenvalue weighted by Gasteiger charge is -2.34. The summed E-state index contributed by atoms with van der Waals surface area (Å²) in [6, 6.07) is 8.46. The Bertz CT molecular complexity index is 1060. The van der Waals surface area contributed by atoms with Gasteiger partial charge in [0.1, 0.15) is 0 Å². The molecule has 0 fully saturated rings. The number of Topliss-reactive ketones (excluding diaryl/α,β-unsaturated/α-hetero) is 1. The van der Waals surface area contributed by atoms with E-state index in [1.54, 1.807) is 37.3 Å². The average Bonchev–Trinajstić information content (AvgIpc) is 2.82. The van der Waals surface area contributed by atoms with Crippen LogP contribution in [0.1, 0.15) is 34.3 Å². The van der Waals surface area contributed by atoms with E-state index in [4.69, 9.17) is 23.7 Å². The van der Waals surface area contributed by atoms with Crippen molar-refractivity contribution < 1.29 is 38.4 Å². The number of ketones is 1. The maximum atomic E-state index is 13.3. The number of hydrogen-bond acceptors (Lipinski definition) is 8. The Kier molecular flexibility index (Phi) is 6.92. The summed E-state index contributed by atoms with van der Waals surface area (Å²) < 4.78 is 26.8. The average molecular weight is 442 g/mol. The zero-order valence-corrected chi connectivity index (χ0v) is 18.6. The SMILES string of the molecule is CCOC(=O)[C@@H]1/C(=C/O)C(=O)c2cc(OC)c(OC)cc2[C@H]1c1ccc(OC)c(OC)c1. The maximum Gasteiger partial charge on any atom is 0.314 e. The number of aliphatic hydroxyl groups excluding tert-OH is 1. The van der Waals surface area contributed by atoms with Gasteiger partial charge in [0.25, 0.3) is 0 Å². The van der Waals surface area contributed by atoms with Crippen LogP contribution < -0.4 is 18.9 Å². The van der Waals surface area contributed by atoms with E-state index in [-0.39, 0.29) is 12.2 Å². The molecule has 2 atom stereocenters. The Morgan fingerprint density at radius 2 is 1.53 bits per heavy atom. The minimum Gasteiger partial charge on any atom is -0.515 e. The van der Waals surface area contributed by atoms with E-state index in [0.29, 0.717) is 46.0 Å². The molecule has 0 radical (unpaired) electrons. The van der Waals surface area contributed by atoms with E-state index in [1.807, 2.05) is 0 Å². The van der Waals surface area contributed by atoms with Gasteiger partial charge in [-0.25, -0.2) is 0 Å². The molecule has 0 aromatic heterocycles. The molecule has 0 heterocycles. The van der Waals surface area contributed by atoms with Gasteiger partial charge >= 0.3 is 5.97 Å². The fourth-order valence-corrected chi connectivity index (χ4v) is 4.06. The van der Waals surface area contributed by atoms with Gasteiger partial charge in [-0.15, -0.1) is 0 Å². The molecule has 8 heteroatoms. The highest BCUT2D eigenvalue weighted by atomic mass is 16.5. The van der Waals surface area contributed by atoms with Crippen molar-refractivity contribution in [2.45, 2.75) is 12.8 Å². The molecule has 170 valence electrons. The normalized spacial score (nSPS) is 18.7. The van der Waals surface area contributed by atoms with Crippen LogP contribution in [0, 0.1) is 5.92 Å². The summed E-state index contributed by atoms with van der Waals surface area (Å²) >= 11 is 0. The second-order valence-corrected chi connectivity index (χ2v) is 7.03. The van der Waals surface area contributed by atoms with E-state index >= 15 is 0 Å². The van der Waals surface area contributed by atoms with Crippen LogP contribution in [0.3, 0.4) is 0 Å². The van der Waals surface area contributed by atoms with E-state index in [9.17, 15) is 14.7 Å². The largest absolute Gasteiger partial charge is 0.515 e. The summed E-state index contributed by atoms with van der Waals surface area (Å²) in [4.78, 5) is 26.3. The molecule has 2 aromatic rings. The van der Waals surface area contributed by atoms with Gasteiger partial charge in [-0.2, -0.15) is 0 Å². The first kappa shape index (κ1) is 23.0. The highest BCUT2D eigenvalue weighted by molar-refractivity contribution is 6.14. The summed E-state index contributed by atoms with van der Waals surface area (Å²) in [5.74, 6) is -1.11. The van der Waals surface area contributed by atoms with Gasteiger partial charge in [-0.05, 0) is 42.3 Å². The molecule has 32 heavy (non-hydrogen) atoms. The van der Waals surface area contributed by atoms with Crippen LogP contribution in [0.4, 0.5) is 0 Å². The van der Waals surface area contributed by atoms with Gasteiger partial charge in [0, 0.05) is 17.1 Å². The fourth-order valence-electron chi connectivity index (χ4n) is 4.06. The Hall–Kier alpha value is -3.68. The second kappa shape index (κ2) is 9.64. The number of benzene rings is 2. The van der Waals surface area contributed by atoms with E-state index in [2.05, 4.69) is 0 Å². The van der Waals surface area contributed by atoms with Crippen LogP contribution in [0.15, 0.2) is 42.2 Å². The van der Waals surface area contributed by atoms with Gasteiger partial charge in [0.15, 0.2) is 28.8 Å². The minimum absolute atomic E-state index is 0.0667. The second-order valence-electron chi connectivity index (χ2n) is 7.03. The van der Waals surface area contributed by atoms with Crippen molar-refractivity contribution in [1.82, 2.24) is 0 Å². The number of carbonyl (C=O) groups is 2. The summed E-state index contributed by atoms with van der Waals surface area (Å²) in [5.41, 5.74) is 1.44. The van der Waals surface area contributed by atoms with Crippen LogP contribution in [0.2, 0.25) is 0 Å². The molecule has 1 aliphatic carbocycles. The summed E-state index contributed by atoms with van der Waals surface area (Å²) in [6.45, 7) is 1.80. The summed E-state index contributed by atoms with van der Waals surface area (Å²) in [7, 11) is 5.99. The van der Waals surface area contributed by atoms with E-state index in [1.165, 1.54) is 28.4 Å². The molecule has 0 unspecified atom stereocenters. The van der Waals surface area contributed by atoms with Crippen LogP contribution in [0.25, 0.3) is 0 Å². The molecule has 0 bridgehead atoms. The van der Waals surface area contributed by atoms with Crippen molar-refractivity contribution in [3.05, 3.63) is 58.9 Å². The molecule has 0 amide bonds. The molecule has 0 spiro atoms. The molecule has 8 nitrogen and oxygen atoms in total. The number of carbonyl (C=O) groups excluding carboxylic acids is 2. The predicted molar refractivity (Wildman–Crippen MR) is 116 cm³/mol. The number of esters is 1. The van der Waals surface area contributed by atoms with Gasteiger partial charge in [0.05, 0.1) is 47.2 Å². The Balaban J connectivity index is 2.34. The van der Waals surface area contributed by atoms with Crippen LogP contribution in [-0.2, 0) is 9.53 Å². The highest BCUT2D eigenvalue weighted by Gasteiger charge is 2.45. The molecular formula is C24H26O8. The van der Waals surface area contributed by atoms with Gasteiger partial charge in [-0.3, -0.25) is 9.59 Å². The zero-order chi connectivity index (χ0) is 23.4. The monoisotopic (exact) mass is 442 g/mol. The topological polar surface area (TPSA) is 101 Å². The third kappa shape index (κ3) is 3.84. The van der Waals surface area contributed by atoms with Crippen molar-refractivity contribution in [2.24, 2.45) is 5.92 Å². The van der Waals surface area contributed by atoms with Gasteiger partial charge in [0.2, 0.25) is 0 Å². The number of rotatable bonds is 7. The molecule has 0 aliphatic heterocycles. The standard InChI is InChI=1S/C24H26O8/c1-6-32-24(27)22-16(12-25)23(26)15-11-20(31-5)19(30-4)10-14(15)21(22)13-7-8-17(28-2)18(9-13)29-3/h7-12,21-22,25H,6H2,1-5H3/b16-12-/t21-,22-/m1/s1. The van der Waals surface area contributed by atoms with E-state index < -0.39 is 23.6 Å². The maximum absolute atomic E-state index is 13.3. The van der Waals surface area contributed by atoms with Crippen LogP contribution >= 0.6 is 0 Å². The Morgan fingerprint density at radius 3 is 2.09 bits per heavy atom. The number of methoxy groups -OCH3 is 4. The Morgan fingerprint density at radius 1 is 0.938 bits per heavy atom. The van der Waals surface area contributed by atoms with Crippen molar-refractivity contribution >= 4 is 11.8 Å². The first-order chi connectivity index (χ1) is 15.4. The van der Waals surface area contributed by atoms with Crippen molar-refractivity contribution in [1.29, 1.82) is 0 Å². The third-order valence-corrected chi connectivity index (χ3v) is 5.51. The molecule has 0 saturated heterocycles. The number of fused-ring (bicyclic) bond motifs is 1. The van der Waals surface area contributed by atoms with Crippen molar-refractivity contribution in [2.75, 3.05) is 35.0 Å². The molecule has 0 saturated carbocycles. The van der Waals surface area contributed by atoms with Crippen molar-refractivity contribution in [3.63, 3.8) is 0 Å². The summed E-state index contributed by atoms with van der Waals surface area (Å²) in [6.07, 6.45) is 0.678. The Labute approximate surface area is 186 Å². The fraction of sp³-hybridized carbons (Fsp3) is 0.333. The van der Waals surface area contributed by atoms with Crippen LogP contribution in [-0.4, -0.2) is 51.9 Å². The first-order valence-electron chi connectivity index (χ1n) is 9.99. The molecular weight excluding hydrogens is 416 g/mol. The minimum atomic E-state index is -1.07. The molecule has 2 aromatic carbocycles. The highest BCUT2D eigenvalue weighted by Crippen LogP contribution is 2.48. The van der Waals surface area contributed by atoms with Crippen LogP contribution in [0.5, 0.6) is 23.0 Å². The van der Waals surface area contributed by atoms with Crippen molar-refractivity contribution in [3.8, 4) is 23.0 Å². The molecule has 1 N–H and O–H groups in total. The van der Waals surface area contributed by atoms with E-state index in [0.717, 1.165) is 0 Å². The number of ether oxygens (including phenoxy) is 5. The first-order valence-corrected chi connectivity index (χ1v) is 9.99. The predicted octanol–water partition coefficient (Wildman–Crippen LogP) is 3.67. The quantitative estimate of drug-likeness (QED) is 0.394. The lowest BCUT2D eigenvalue weighted by Crippen LogP contribution is -2.35. The lowest BCUT2D eigenvalue weighted by atomic mass is 9.68. The smallest absolute Gasteiger partial charge is 0.314 e. The van der Waals surface area contributed by atoms with Gasteiger partial charge in [-0.1, -0.05) is 6.07 Å². The third-order valence-electron chi connectivity index (χ3n) is 5.51. The lowest BCUT2D eigenvalue weighted by molar-refractivity contribution is -0.147. The summed E-state index contributed by atoms with van der Waals surface area (Å²) in [5, 5.41) is 9.96.